The number of benzene rings is 2. The lowest BCUT2D eigenvalue weighted by atomic mass is 10.1. The van der Waals surface area contributed by atoms with Crippen molar-refractivity contribution in [3.63, 3.8) is 0 Å². The van der Waals surface area contributed by atoms with Crippen LogP contribution >= 0.6 is 12.2 Å². The van der Waals surface area contributed by atoms with Crippen LogP contribution in [0.4, 0.5) is 11.4 Å². The van der Waals surface area contributed by atoms with Crippen LogP contribution in [0.5, 0.6) is 0 Å². The molecule has 0 aliphatic rings. The molecular formula is C22H30N4S. The minimum Gasteiger partial charge on any atom is -0.372 e. The highest BCUT2D eigenvalue weighted by Gasteiger charge is 2.03. The van der Waals surface area contributed by atoms with E-state index < -0.39 is 0 Å². The lowest BCUT2D eigenvalue weighted by Gasteiger charge is -2.22. The molecule has 0 fully saturated rings. The topological polar surface area (TPSA) is 39.7 Å². The molecule has 0 atom stereocenters. The van der Waals surface area contributed by atoms with Crippen LogP contribution < -0.4 is 15.6 Å². The Hall–Kier alpha value is -2.40. The highest BCUT2D eigenvalue weighted by molar-refractivity contribution is 7.80. The lowest BCUT2D eigenvalue weighted by Crippen LogP contribution is -2.24. The van der Waals surface area contributed by atoms with Crippen molar-refractivity contribution in [2.45, 2.75) is 40.5 Å². The summed E-state index contributed by atoms with van der Waals surface area (Å²) in [5, 5.41) is 7.89. The summed E-state index contributed by atoms with van der Waals surface area (Å²) in [6.45, 7) is 10.7. The van der Waals surface area contributed by atoms with E-state index in [1.807, 2.05) is 6.07 Å². The molecule has 4 nitrogen and oxygen atoms in total. The number of hydrogen-bond acceptors (Lipinski definition) is 3. The maximum Gasteiger partial charge on any atom is 0.191 e. The first-order chi connectivity index (χ1) is 13.0. The quantitative estimate of drug-likeness (QED) is 0.372. The summed E-state index contributed by atoms with van der Waals surface area (Å²) in [6.07, 6.45) is 4.21. The number of thiocarbonyl (C=S) groups is 1. The van der Waals surface area contributed by atoms with Gasteiger partial charge in [-0.1, -0.05) is 43.2 Å². The summed E-state index contributed by atoms with van der Waals surface area (Å²) in [4.78, 5) is 2.39. The van der Waals surface area contributed by atoms with E-state index in [0.717, 1.165) is 29.9 Å². The first-order valence-corrected chi connectivity index (χ1v) is 9.96. The predicted octanol–water partition coefficient (Wildman–Crippen LogP) is 5.25. The molecule has 5 heteroatoms. The summed E-state index contributed by atoms with van der Waals surface area (Å²) in [6, 6.07) is 14.7. The molecule has 2 rings (SSSR count). The van der Waals surface area contributed by atoms with Gasteiger partial charge in [0.15, 0.2) is 5.11 Å². The third kappa shape index (κ3) is 6.68. The van der Waals surface area contributed by atoms with Crippen LogP contribution in [0.2, 0.25) is 0 Å². The molecule has 27 heavy (non-hydrogen) atoms. The highest BCUT2D eigenvalue weighted by atomic mass is 32.1. The van der Waals surface area contributed by atoms with Gasteiger partial charge in [-0.2, -0.15) is 5.10 Å². The molecule has 2 aromatic carbocycles. The first kappa shape index (κ1) is 20.9. The average molecular weight is 383 g/mol. The van der Waals surface area contributed by atoms with Gasteiger partial charge >= 0.3 is 0 Å². The van der Waals surface area contributed by atoms with Crippen molar-refractivity contribution in [2.75, 3.05) is 23.3 Å². The Balaban J connectivity index is 1.89. The third-order valence-electron chi connectivity index (χ3n) is 4.43. The SMILES string of the molecule is CCCCN(CC)c1ccc(/C=N\NC(=S)Nc2ccc(C)cc2C)cc1. The molecule has 0 unspecified atom stereocenters. The van der Waals surface area contributed by atoms with Gasteiger partial charge in [0.2, 0.25) is 0 Å². The molecule has 0 aliphatic carbocycles. The summed E-state index contributed by atoms with van der Waals surface area (Å²) >= 11 is 5.31. The summed E-state index contributed by atoms with van der Waals surface area (Å²) in [5.41, 5.74) is 8.54. The Morgan fingerprint density at radius 1 is 1.11 bits per heavy atom. The van der Waals surface area contributed by atoms with Gasteiger partial charge in [-0.3, -0.25) is 5.43 Å². The molecule has 0 aromatic heterocycles. The smallest absolute Gasteiger partial charge is 0.191 e. The summed E-state index contributed by atoms with van der Waals surface area (Å²) in [7, 11) is 0. The fourth-order valence-corrected chi connectivity index (χ4v) is 3.02. The van der Waals surface area contributed by atoms with Gasteiger partial charge in [-0.15, -0.1) is 0 Å². The zero-order valence-corrected chi connectivity index (χ0v) is 17.6. The van der Waals surface area contributed by atoms with E-state index >= 15 is 0 Å². The number of unbranched alkanes of at least 4 members (excludes halogenated alkanes) is 1. The van der Waals surface area contributed by atoms with E-state index in [9.17, 15) is 0 Å². The number of anilines is 2. The first-order valence-electron chi connectivity index (χ1n) is 9.55. The van der Waals surface area contributed by atoms with Gasteiger partial charge < -0.3 is 10.2 Å². The molecule has 2 aromatic rings. The van der Waals surface area contributed by atoms with E-state index in [1.165, 1.54) is 24.1 Å². The Bertz CT molecular complexity index is 768. The van der Waals surface area contributed by atoms with Gasteiger partial charge in [0.25, 0.3) is 0 Å². The maximum atomic E-state index is 5.31. The van der Waals surface area contributed by atoms with Crippen molar-refractivity contribution < 1.29 is 0 Å². The average Bonchev–Trinajstić information content (AvgIpc) is 2.66. The fraction of sp³-hybridized carbons (Fsp3) is 0.364. The fourth-order valence-electron chi connectivity index (χ4n) is 2.86. The zero-order chi connectivity index (χ0) is 19.6. The number of hydrogen-bond donors (Lipinski definition) is 2. The number of hydrazone groups is 1. The van der Waals surface area contributed by atoms with E-state index in [2.05, 4.69) is 84.8 Å². The van der Waals surface area contributed by atoms with Crippen LogP contribution in [0.1, 0.15) is 43.4 Å². The second kappa shape index (κ2) is 10.7. The molecule has 0 saturated heterocycles. The van der Waals surface area contributed by atoms with E-state index in [1.54, 1.807) is 6.21 Å². The summed E-state index contributed by atoms with van der Waals surface area (Å²) < 4.78 is 0. The van der Waals surface area contributed by atoms with Gasteiger partial charge in [-0.05, 0) is 68.7 Å². The molecule has 0 aliphatic heterocycles. The van der Waals surface area contributed by atoms with Crippen LogP contribution in [0.15, 0.2) is 47.6 Å². The van der Waals surface area contributed by atoms with Crippen molar-refractivity contribution in [1.82, 2.24) is 5.43 Å². The van der Waals surface area contributed by atoms with Gasteiger partial charge in [0.1, 0.15) is 0 Å². The summed E-state index contributed by atoms with van der Waals surface area (Å²) in [5.74, 6) is 0. The van der Waals surface area contributed by atoms with Gasteiger partial charge in [0, 0.05) is 24.5 Å². The molecule has 0 amide bonds. The largest absolute Gasteiger partial charge is 0.372 e. The molecule has 144 valence electrons. The second-order valence-electron chi connectivity index (χ2n) is 6.67. The molecule has 0 saturated carbocycles. The Morgan fingerprint density at radius 3 is 2.48 bits per heavy atom. The van der Waals surface area contributed by atoms with Crippen LogP contribution in [-0.4, -0.2) is 24.4 Å². The van der Waals surface area contributed by atoms with Crippen molar-refractivity contribution in [3.8, 4) is 0 Å². The third-order valence-corrected chi connectivity index (χ3v) is 4.62. The number of nitrogens with zero attached hydrogens (tertiary/aromatic N) is 2. The minimum atomic E-state index is 0.478. The molecule has 0 radical (unpaired) electrons. The van der Waals surface area contributed by atoms with Crippen LogP contribution in [0, 0.1) is 13.8 Å². The maximum absolute atomic E-state index is 5.31. The molecule has 0 bridgehead atoms. The molecule has 0 heterocycles. The lowest BCUT2D eigenvalue weighted by molar-refractivity contribution is 0.732. The van der Waals surface area contributed by atoms with E-state index in [-0.39, 0.29) is 0 Å². The second-order valence-corrected chi connectivity index (χ2v) is 7.08. The highest BCUT2D eigenvalue weighted by Crippen LogP contribution is 2.16. The normalized spacial score (nSPS) is 10.8. The van der Waals surface area contributed by atoms with Crippen molar-refractivity contribution in [1.29, 1.82) is 0 Å². The van der Waals surface area contributed by atoms with Crippen LogP contribution in [0.25, 0.3) is 0 Å². The monoisotopic (exact) mass is 382 g/mol. The van der Waals surface area contributed by atoms with Crippen molar-refractivity contribution >= 4 is 34.9 Å². The van der Waals surface area contributed by atoms with Gasteiger partial charge in [0.05, 0.1) is 6.21 Å². The Labute approximate surface area is 168 Å². The number of aryl methyl sites for hydroxylation is 2. The van der Waals surface area contributed by atoms with E-state index in [0.29, 0.717) is 5.11 Å². The van der Waals surface area contributed by atoms with E-state index in [4.69, 9.17) is 12.2 Å². The van der Waals surface area contributed by atoms with Crippen molar-refractivity contribution in [3.05, 3.63) is 59.2 Å². The minimum absolute atomic E-state index is 0.478. The molecule has 0 spiro atoms. The number of nitrogens with one attached hydrogen (secondary N) is 2. The zero-order valence-electron chi connectivity index (χ0n) is 16.7. The Kier molecular flexibility index (Phi) is 8.27. The predicted molar refractivity (Wildman–Crippen MR) is 122 cm³/mol. The number of rotatable bonds is 8. The van der Waals surface area contributed by atoms with Crippen LogP contribution in [-0.2, 0) is 0 Å². The van der Waals surface area contributed by atoms with Crippen LogP contribution in [0.3, 0.4) is 0 Å². The molecular weight excluding hydrogens is 352 g/mol. The standard InChI is InChI=1S/C22H30N4S/c1-5-7-14-26(6-2)20-11-9-19(10-12-20)16-23-25-22(27)24-21-13-8-17(3)15-18(21)4/h8-13,15-16H,5-7,14H2,1-4H3,(H2,24,25,27)/b23-16-. The van der Waals surface area contributed by atoms with Crippen molar-refractivity contribution in [2.24, 2.45) is 5.10 Å². The molecule has 2 N–H and O–H groups in total. The Morgan fingerprint density at radius 2 is 1.85 bits per heavy atom. The van der Waals surface area contributed by atoms with Gasteiger partial charge in [-0.25, -0.2) is 0 Å².